The minimum atomic E-state index is -0.529. The van der Waals surface area contributed by atoms with Gasteiger partial charge in [0, 0.05) is 25.3 Å². The molecule has 2 rings (SSSR count). The molecule has 150 valence electrons. The highest BCUT2D eigenvalue weighted by Gasteiger charge is 2.33. The van der Waals surface area contributed by atoms with Crippen LogP contribution in [0.4, 0.5) is 4.79 Å². The molecule has 0 atom stereocenters. The van der Waals surface area contributed by atoms with E-state index in [1.165, 1.54) is 0 Å². The quantitative estimate of drug-likeness (QED) is 0.681. The molecule has 0 radical (unpaired) electrons. The molecule has 6 heteroatoms. The summed E-state index contributed by atoms with van der Waals surface area (Å²) in [6.45, 7) is 6.56. The maximum atomic E-state index is 12.4. The molecule has 1 aliphatic rings. The van der Waals surface area contributed by atoms with Gasteiger partial charge < -0.3 is 20.5 Å². The molecule has 0 spiro atoms. The van der Waals surface area contributed by atoms with E-state index in [1.807, 2.05) is 32.9 Å². The van der Waals surface area contributed by atoms with Gasteiger partial charge in [0.25, 0.3) is 5.91 Å². The van der Waals surface area contributed by atoms with Gasteiger partial charge in [0.2, 0.25) is 0 Å². The van der Waals surface area contributed by atoms with Crippen LogP contribution in [0.25, 0.3) is 0 Å². The van der Waals surface area contributed by atoms with Crippen LogP contribution >= 0.6 is 0 Å². The number of hydrogen-bond donors (Lipinski definition) is 3. The van der Waals surface area contributed by atoms with Crippen LogP contribution in [-0.4, -0.2) is 35.9 Å². The second-order valence-corrected chi connectivity index (χ2v) is 8.42. The lowest BCUT2D eigenvalue weighted by Gasteiger charge is -2.28. The molecule has 6 nitrogen and oxygen atoms in total. The SMILES string of the molecule is CC(C)(C)OC(=O)NCc1ccc(C(=O)NCC2(CCO)CCCC2)cc1. The number of carbonyl (C=O) groups excluding carboxylic acids is 2. The van der Waals surface area contributed by atoms with E-state index in [-0.39, 0.29) is 17.9 Å². The Balaban J connectivity index is 1.83. The lowest BCUT2D eigenvalue weighted by Crippen LogP contribution is -2.36. The summed E-state index contributed by atoms with van der Waals surface area (Å²) >= 11 is 0. The minimum Gasteiger partial charge on any atom is -0.444 e. The summed E-state index contributed by atoms with van der Waals surface area (Å²) in [5.41, 5.74) is 0.999. The minimum absolute atomic E-state index is 0.0433. The summed E-state index contributed by atoms with van der Waals surface area (Å²) < 4.78 is 5.20. The Morgan fingerprint density at radius 2 is 1.74 bits per heavy atom. The van der Waals surface area contributed by atoms with Gasteiger partial charge in [-0.25, -0.2) is 4.79 Å². The van der Waals surface area contributed by atoms with Crippen molar-refractivity contribution in [1.82, 2.24) is 10.6 Å². The molecule has 0 aliphatic heterocycles. The number of amides is 2. The number of alkyl carbamates (subject to hydrolysis) is 1. The Bertz CT molecular complexity index is 629. The van der Waals surface area contributed by atoms with Crippen LogP contribution in [0.15, 0.2) is 24.3 Å². The zero-order chi connectivity index (χ0) is 19.9. The summed E-state index contributed by atoms with van der Waals surface area (Å²) in [7, 11) is 0. The first kappa shape index (κ1) is 21.2. The molecule has 1 aliphatic carbocycles. The van der Waals surface area contributed by atoms with Crippen molar-refractivity contribution < 1.29 is 19.4 Å². The Morgan fingerprint density at radius 3 is 2.30 bits per heavy atom. The zero-order valence-electron chi connectivity index (χ0n) is 16.6. The number of nitrogens with one attached hydrogen (secondary N) is 2. The number of hydrogen-bond acceptors (Lipinski definition) is 4. The lowest BCUT2D eigenvalue weighted by molar-refractivity contribution is 0.0523. The van der Waals surface area contributed by atoms with E-state index >= 15 is 0 Å². The third-order valence-corrected chi connectivity index (χ3v) is 4.98. The monoisotopic (exact) mass is 376 g/mol. The smallest absolute Gasteiger partial charge is 0.407 e. The van der Waals surface area contributed by atoms with Gasteiger partial charge in [0.1, 0.15) is 5.60 Å². The molecule has 1 aromatic carbocycles. The molecule has 2 amide bonds. The highest BCUT2D eigenvalue weighted by Crippen LogP contribution is 2.40. The van der Waals surface area contributed by atoms with Crippen molar-refractivity contribution in [2.45, 2.75) is 65.0 Å². The summed E-state index contributed by atoms with van der Waals surface area (Å²) in [6.07, 6.45) is 4.72. The fourth-order valence-corrected chi connectivity index (χ4v) is 3.51. The molecule has 27 heavy (non-hydrogen) atoms. The number of benzene rings is 1. The third kappa shape index (κ3) is 6.86. The lowest BCUT2D eigenvalue weighted by atomic mass is 9.83. The standard InChI is InChI=1S/C21H32N2O4/c1-20(2,3)27-19(26)22-14-16-6-8-17(9-7-16)18(25)23-15-21(12-13-24)10-4-5-11-21/h6-9,24H,4-5,10-15H2,1-3H3,(H,22,26)(H,23,25). The molecule has 1 fully saturated rings. The topological polar surface area (TPSA) is 87.7 Å². The van der Waals surface area contributed by atoms with Crippen molar-refractivity contribution >= 4 is 12.0 Å². The van der Waals surface area contributed by atoms with E-state index in [0.29, 0.717) is 18.7 Å². The number of carbonyl (C=O) groups is 2. The van der Waals surface area contributed by atoms with Gasteiger partial charge in [-0.3, -0.25) is 4.79 Å². The van der Waals surface area contributed by atoms with Crippen molar-refractivity contribution in [1.29, 1.82) is 0 Å². The maximum Gasteiger partial charge on any atom is 0.407 e. The van der Waals surface area contributed by atoms with Crippen molar-refractivity contribution in [3.05, 3.63) is 35.4 Å². The molecule has 0 heterocycles. The Morgan fingerprint density at radius 1 is 1.11 bits per heavy atom. The number of aliphatic hydroxyl groups is 1. The summed E-state index contributed by atoms with van der Waals surface area (Å²) in [4.78, 5) is 24.1. The zero-order valence-corrected chi connectivity index (χ0v) is 16.6. The van der Waals surface area contributed by atoms with Crippen molar-refractivity contribution in [3.63, 3.8) is 0 Å². The van der Waals surface area contributed by atoms with E-state index in [0.717, 1.165) is 37.7 Å². The summed E-state index contributed by atoms with van der Waals surface area (Å²) in [5, 5.41) is 15.0. The average Bonchev–Trinajstić information content (AvgIpc) is 3.06. The molecular weight excluding hydrogens is 344 g/mol. The number of aliphatic hydroxyl groups excluding tert-OH is 1. The first-order valence-electron chi connectivity index (χ1n) is 9.68. The van der Waals surface area contributed by atoms with Gasteiger partial charge in [0.15, 0.2) is 0 Å². The van der Waals surface area contributed by atoms with Crippen LogP contribution in [0.1, 0.15) is 68.8 Å². The van der Waals surface area contributed by atoms with E-state index < -0.39 is 11.7 Å². The van der Waals surface area contributed by atoms with E-state index in [1.54, 1.807) is 12.1 Å². The van der Waals surface area contributed by atoms with Crippen LogP contribution in [-0.2, 0) is 11.3 Å². The van der Waals surface area contributed by atoms with Crippen LogP contribution in [0, 0.1) is 5.41 Å². The molecule has 1 aromatic rings. The highest BCUT2D eigenvalue weighted by molar-refractivity contribution is 5.94. The molecule has 0 aromatic heterocycles. The van der Waals surface area contributed by atoms with Gasteiger partial charge in [-0.15, -0.1) is 0 Å². The molecule has 1 saturated carbocycles. The Kier molecular flexibility index (Phi) is 7.25. The predicted molar refractivity (Wildman–Crippen MR) is 104 cm³/mol. The average molecular weight is 376 g/mol. The summed E-state index contributed by atoms with van der Waals surface area (Å²) in [6, 6.07) is 7.17. The first-order valence-corrected chi connectivity index (χ1v) is 9.68. The largest absolute Gasteiger partial charge is 0.444 e. The Labute approximate surface area is 161 Å². The normalized spacial score (nSPS) is 16.0. The number of rotatable bonds is 7. The summed E-state index contributed by atoms with van der Waals surface area (Å²) in [5.74, 6) is -0.106. The second kappa shape index (κ2) is 9.22. The van der Waals surface area contributed by atoms with E-state index in [2.05, 4.69) is 10.6 Å². The molecule has 3 N–H and O–H groups in total. The fourth-order valence-electron chi connectivity index (χ4n) is 3.51. The van der Waals surface area contributed by atoms with Crippen molar-refractivity contribution in [2.75, 3.05) is 13.2 Å². The van der Waals surface area contributed by atoms with E-state index in [9.17, 15) is 14.7 Å². The van der Waals surface area contributed by atoms with Gasteiger partial charge in [-0.1, -0.05) is 25.0 Å². The third-order valence-electron chi connectivity index (χ3n) is 4.98. The van der Waals surface area contributed by atoms with Gasteiger partial charge in [-0.05, 0) is 63.1 Å². The van der Waals surface area contributed by atoms with Crippen LogP contribution in [0.2, 0.25) is 0 Å². The molecule has 0 unspecified atom stereocenters. The molecular formula is C21H32N2O4. The van der Waals surface area contributed by atoms with Crippen LogP contribution in [0.3, 0.4) is 0 Å². The van der Waals surface area contributed by atoms with Gasteiger partial charge in [-0.2, -0.15) is 0 Å². The van der Waals surface area contributed by atoms with Crippen LogP contribution < -0.4 is 10.6 Å². The second-order valence-electron chi connectivity index (χ2n) is 8.42. The van der Waals surface area contributed by atoms with Crippen LogP contribution in [0.5, 0.6) is 0 Å². The maximum absolute atomic E-state index is 12.4. The highest BCUT2D eigenvalue weighted by atomic mass is 16.6. The molecule has 0 bridgehead atoms. The Hall–Kier alpha value is -2.08. The fraction of sp³-hybridized carbons (Fsp3) is 0.619. The van der Waals surface area contributed by atoms with E-state index in [4.69, 9.17) is 4.74 Å². The first-order chi connectivity index (χ1) is 12.7. The van der Waals surface area contributed by atoms with Crippen molar-refractivity contribution in [2.24, 2.45) is 5.41 Å². The van der Waals surface area contributed by atoms with Crippen molar-refractivity contribution in [3.8, 4) is 0 Å². The molecule has 0 saturated heterocycles. The van der Waals surface area contributed by atoms with Gasteiger partial charge in [0.05, 0.1) is 0 Å². The number of ether oxygens (including phenoxy) is 1. The van der Waals surface area contributed by atoms with Gasteiger partial charge >= 0.3 is 6.09 Å². The predicted octanol–water partition coefficient (Wildman–Crippen LogP) is 3.38.